The number of carbonyl (C=O) groups is 1. The first-order valence-corrected chi connectivity index (χ1v) is 5.64. The fourth-order valence-corrected chi connectivity index (χ4v) is 1.82. The first-order chi connectivity index (χ1) is 6.72. The molecule has 0 bridgehead atoms. The zero-order valence-electron chi connectivity index (χ0n) is 9.01. The van der Waals surface area contributed by atoms with Crippen LogP contribution in [0.25, 0.3) is 0 Å². The Morgan fingerprint density at radius 3 is 2.57 bits per heavy atom. The van der Waals surface area contributed by atoms with Crippen molar-refractivity contribution in [3.63, 3.8) is 0 Å². The average Bonchev–Trinajstić information content (AvgIpc) is 2.12. The summed E-state index contributed by atoms with van der Waals surface area (Å²) in [6.07, 6.45) is 6.80. The molecule has 2 N–H and O–H groups in total. The van der Waals surface area contributed by atoms with Crippen LogP contribution in [0, 0.1) is 0 Å². The molecule has 0 atom stereocenters. The molecule has 1 saturated carbocycles. The van der Waals surface area contributed by atoms with Gasteiger partial charge in [0, 0.05) is 6.42 Å². The molecule has 1 aliphatic carbocycles. The van der Waals surface area contributed by atoms with E-state index in [9.17, 15) is 4.79 Å². The van der Waals surface area contributed by atoms with E-state index in [1.165, 1.54) is 0 Å². The minimum atomic E-state index is -0.261. The maximum atomic E-state index is 11.5. The molecule has 3 nitrogen and oxygen atoms in total. The summed E-state index contributed by atoms with van der Waals surface area (Å²) in [5, 5.41) is 12.1. The highest BCUT2D eigenvalue weighted by Gasteiger charge is 2.37. The number of unbranched alkanes of at least 4 members (excludes halogenated alkanes) is 2. The number of amides is 1. The van der Waals surface area contributed by atoms with Gasteiger partial charge in [-0.2, -0.15) is 0 Å². The quantitative estimate of drug-likeness (QED) is 0.638. The first kappa shape index (κ1) is 11.5. The van der Waals surface area contributed by atoms with Crippen molar-refractivity contribution >= 4 is 5.91 Å². The van der Waals surface area contributed by atoms with Gasteiger partial charge in [0.15, 0.2) is 0 Å². The molecule has 0 saturated heterocycles. The number of carbonyl (C=O) groups excluding carboxylic acids is 1. The van der Waals surface area contributed by atoms with Gasteiger partial charge in [-0.1, -0.05) is 19.8 Å². The Bertz CT molecular complexity index is 182. The topological polar surface area (TPSA) is 49.3 Å². The van der Waals surface area contributed by atoms with Crippen LogP contribution in [0.2, 0.25) is 0 Å². The van der Waals surface area contributed by atoms with Crippen molar-refractivity contribution in [2.75, 3.05) is 6.61 Å². The average molecular weight is 199 g/mol. The maximum Gasteiger partial charge on any atom is 0.220 e. The third-order valence-corrected chi connectivity index (χ3v) is 3.03. The normalized spacial score (nSPS) is 18.7. The molecule has 1 fully saturated rings. The second kappa shape index (κ2) is 5.35. The van der Waals surface area contributed by atoms with E-state index in [0.29, 0.717) is 6.42 Å². The monoisotopic (exact) mass is 199 g/mol. The van der Waals surface area contributed by atoms with E-state index in [-0.39, 0.29) is 18.1 Å². The number of hydrogen-bond acceptors (Lipinski definition) is 2. The Labute approximate surface area is 85.9 Å². The van der Waals surface area contributed by atoms with E-state index in [4.69, 9.17) is 5.11 Å². The first-order valence-electron chi connectivity index (χ1n) is 5.64. The number of nitrogens with one attached hydrogen (secondary N) is 1. The molecule has 0 spiro atoms. The van der Waals surface area contributed by atoms with Gasteiger partial charge in [-0.05, 0) is 25.7 Å². The van der Waals surface area contributed by atoms with Gasteiger partial charge >= 0.3 is 0 Å². The predicted octanol–water partition coefficient (Wildman–Crippen LogP) is 1.60. The van der Waals surface area contributed by atoms with Gasteiger partial charge in [-0.25, -0.2) is 0 Å². The van der Waals surface area contributed by atoms with E-state index >= 15 is 0 Å². The Hall–Kier alpha value is -0.570. The molecule has 3 heteroatoms. The van der Waals surface area contributed by atoms with Crippen LogP contribution in [0.4, 0.5) is 0 Å². The highest BCUT2D eigenvalue weighted by atomic mass is 16.3. The Morgan fingerprint density at radius 1 is 1.43 bits per heavy atom. The fourth-order valence-electron chi connectivity index (χ4n) is 1.82. The lowest BCUT2D eigenvalue weighted by Crippen LogP contribution is -2.56. The van der Waals surface area contributed by atoms with Gasteiger partial charge in [-0.3, -0.25) is 4.79 Å². The second-order valence-electron chi connectivity index (χ2n) is 4.30. The molecule has 0 unspecified atom stereocenters. The summed E-state index contributed by atoms with van der Waals surface area (Å²) in [5.74, 6) is 0.104. The van der Waals surface area contributed by atoms with Crippen LogP contribution in [-0.4, -0.2) is 23.2 Å². The minimum absolute atomic E-state index is 0.0898. The van der Waals surface area contributed by atoms with Crippen LogP contribution in [0.3, 0.4) is 0 Å². The smallest absolute Gasteiger partial charge is 0.220 e. The maximum absolute atomic E-state index is 11.5. The molecule has 1 aliphatic rings. The summed E-state index contributed by atoms with van der Waals surface area (Å²) in [5.41, 5.74) is -0.261. The summed E-state index contributed by atoms with van der Waals surface area (Å²) in [4.78, 5) is 11.5. The molecule has 1 amide bonds. The van der Waals surface area contributed by atoms with Gasteiger partial charge in [0.1, 0.15) is 0 Å². The van der Waals surface area contributed by atoms with Gasteiger partial charge in [0.25, 0.3) is 0 Å². The second-order valence-corrected chi connectivity index (χ2v) is 4.30. The van der Waals surface area contributed by atoms with E-state index in [1.54, 1.807) is 0 Å². The van der Waals surface area contributed by atoms with E-state index < -0.39 is 0 Å². The molecule has 0 radical (unpaired) electrons. The molecular formula is C11H21NO2. The lowest BCUT2D eigenvalue weighted by Gasteiger charge is -2.41. The van der Waals surface area contributed by atoms with Gasteiger partial charge in [-0.15, -0.1) is 0 Å². The lowest BCUT2D eigenvalue weighted by molar-refractivity contribution is -0.125. The molecule has 0 aromatic heterocycles. The summed E-state index contributed by atoms with van der Waals surface area (Å²) >= 11 is 0. The minimum Gasteiger partial charge on any atom is -0.394 e. The molecule has 0 aromatic rings. The van der Waals surface area contributed by atoms with Crippen molar-refractivity contribution in [3.8, 4) is 0 Å². The summed E-state index contributed by atoms with van der Waals surface area (Å²) in [6.45, 7) is 2.21. The number of aliphatic hydroxyl groups is 1. The molecule has 0 aromatic carbocycles. The summed E-state index contributed by atoms with van der Waals surface area (Å²) in [6, 6.07) is 0. The number of rotatable bonds is 6. The van der Waals surface area contributed by atoms with Gasteiger partial charge < -0.3 is 10.4 Å². The lowest BCUT2D eigenvalue weighted by atomic mass is 9.77. The fraction of sp³-hybridized carbons (Fsp3) is 0.909. The van der Waals surface area contributed by atoms with Crippen molar-refractivity contribution in [1.29, 1.82) is 0 Å². The van der Waals surface area contributed by atoms with Gasteiger partial charge in [0.2, 0.25) is 5.91 Å². The van der Waals surface area contributed by atoms with Crippen LogP contribution in [0.15, 0.2) is 0 Å². The molecule has 82 valence electrons. The molecule has 0 heterocycles. The number of hydrogen-bond donors (Lipinski definition) is 2. The predicted molar refractivity (Wildman–Crippen MR) is 56.0 cm³/mol. The van der Waals surface area contributed by atoms with E-state index in [0.717, 1.165) is 38.5 Å². The highest BCUT2D eigenvalue weighted by Crippen LogP contribution is 2.31. The van der Waals surface area contributed by atoms with Crippen LogP contribution in [0.5, 0.6) is 0 Å². The van der Waals surface area contributed by atoms with Crippen molar-refractivity contribution in [1.82, 2.24) is 5.32 Å². The Kier molecular flexibility index (Phi) is 4.39. The summed E-state index contributed by atoms with van der Waals surface area (Å²) in [7, 11) is 0. The van der Waals surface area contributed by atoms with Crippen molar-refractivity contribution in [2.24, 2.45) is 0 Å². The number of aliphatic hydroxyl groups excluding tert-OH is 1. The van der Waals surface area contributed by atoms with Crippen molar-refractivity contribution < 1.29 is 9.90 Å². The zero-order chi connectivity index (χ0) is 10.4. The van der Waals surface area contributed by atoms with E-state index in [2.05, 4.69) is 12.2 Å². The van der Waals surface area contributed by atoms with Crippen LogP contribution < -0.4 is 5.32 Å². The van der Waals surface area contributed by atoms with Gasteiger partial charge in [0.05, 0.1) is 12.1 Å². The van der Waals surface area contributed by atoms with Crippen molar-refractivity contribution in [2.45, 2.75) is 57.4 Å². The molecule has 0 aliphatic heterocycles. The van der Waals surface area contributed by atoms with Crippen molar-refractivity contribution in [3.05, 3.63) is 0 Å². The van der Waals surface area contributed by atoms with Crippen LogP contribution in [-0.2, 0) is 4.79 Å². The summed E-state index contributed by atoms with van der Waals surface area (Å²) < 4.78 is 0. The third kappa shape index (κ3) is 2.98. The molecule has 1 rings (SSSR count). The van der Waals surface area contributed by atoms with E-state index in [1.807, 2.05) is 0 Å². The Morgan fingerprint density at radius 2 is 2.14 bits per heavy atom. The highest BCUT2D eigenvalue weighted by molar-refractivity contribution is 5.76. The standard InChI is InChI=1S/C11H21NO2/c1-2-3-4-6-10(14)12-11(9-13)7-5-8-11/h13H,2-9H2,1H3,(H,12,14). The van der Waals surface area contributed by atoms with Crippen LogP contribution >= 0.6 is 0 Å². The SMILES string of the molecule is CCCCCC(=O)NC1(CO)CCC1. The molecular weight excluding hydrogens is 178 g/mol. The molecule has 14 heavy (non-hydrogen) atoms. The Balaban J connectivity index is 2.18. The zero-order valence-corrected chi connectivity index (χ0v) is 9.01. The van der Waals surface area contributed by atoms with Crippen LogP contribution in [0.1, 0.15) is 51.9 Å². The third-order valence-electron chi connectivity index (χ3n) is 3.03. The largest absolute Gasteiger partial charge is 0.394 e.